The van der Waals surface area contributed by atoms with Gasteiger partial charge in [0, 0.05) is 43.6 Å². The van der Waals surface area contributed by atoms with Crippen LogP contribution in [0.1, 0.15) is 52.0 Å². The first-order chi connectivity index (χ1) is 18.5. The van der Waals surface area contributed by atoms with E-state index in [2.05, 4.69) is 20.6 Å². The second-order valence-electron chi connectivity index (χ2n) is 9.24. The summed E-state index contributed by atoms with van der Waals surface area (Å²) in [7, 11) is 0. The van der Waals surface area contributed by atoms with Crippen LogP contribution in [0.3, 0.4) is 0 Å². The maximum absolute atomic E-state index is 13.2. The molecule has 2 aromatic carbocycles. The number of aliphatic imine (C=N–C) groups is 1. The number of pyridine rings is 1. The first kappa shape index (κ1) is 25.0. The van der Waals surface area contributed by atoms with Gasteiger partial charge >= 0.3 is 0 Å². The number of anilines is 1. The molecule has 2 heterocycles. The van der Waals surface area contributed by atoms with Crippen molar-refractivity contribution in [2.45, 2.75) is 25.8 Å². The molecule has 0 unspecified atom stereocenters. The number of hydrogen-bond donors (Lipinski definition) is 2. The van der Waals surface area contributed by atoms with Crippen LogP contribution in [0.5, 0.6) is 0 Å². The van der Waals surface area contributed by atoms with E-state index in [-0.39, 0.29) is 23.5 Å². The third-order valence-electron chi connectivity index (χ3n) is 6.54. The number of Topliss-reactive ketones (excluding diaryl/α,β-unsaturated/α-hetero) is 1. The van der Waals surface area contributed by atoms with Crippen molar-refractivity contribution in [2.24, 2.45) is 4.99 Å². The van der Waals surface area contributed by atoms with Crippen molar-refractivity contribution in [2.75, 3.05) is 11.9 Å². The van der Waals surface area contributed by atoms with E-state index in [4.69, 9.17) is 0 Å². The molecule has 1 aromatic heterocycles. The fourth-order valence-corrected chi connectivity index (χ4v) is 4.53. The Morgan fingerprint density at radius 1 is 1.16 bits per heavy atom. The normalized spacial score (nSPS) is 16.1. The Kier molecular flexibility index (Phi) is 7.35. The maximum atomic E-state index is 13.2. The van der Waals surface area contributed by atoms with Crippen LogP contribution >= 0.6 is 0 Å². The van der Waals surface area contributed by atoms with Crippen molar-refractivity contribution in [1.29, 1.82) is 0 Å². The number of benzene rings is 2. The van der Waals surface area contributed by atoms with Gasteiger partial charge < -0.3 is 10.6 Å². The number of carbonyl (C=O) groups excluding carboxylic acids is 2. The minimum absolute atomic E-state index is 0.130. The van der Waals surface area contributed by atoms with Crippen molar-refractivity contribution < 1.29 is 14.0 Å². The highest BCUT2D eigenvalue weighted by molar-refractivity contribution is 6.26. The van der Waals surface area contributed by atoms with E-state index in [1.54, 1.807) is 36.7 Å². The molecule has 1 aliphatic carbocycles. The van der Waals surface area contributed by atoms with E-state index in [9.17, 15) is 14.0 Å². The van der Waals surface area contributed by atoms with Gasteiger partial charge in [0.1, 0.15) is 11.6 Å². The Balaban J connectivity index is 1.21. The number of halogens is 1. The molecule has 38 heavy (non-hydrogen) atoms. The molecular weight excluding hydrogens is 479 g/mol. The third-order valence-corrected chi connectivity index (χ3v) is 6.54. The van der Waals surface area contributed by atoms with Gasteiger partial charge in [-0.2, -0.15) is 0 Å². The first-order valence-corrected chi connectivity index (χ1v) is 12.5. The summed E-state index contributed by atoms with van der Waals surface area (Å²) in [5.74, 6) is 0.0149. The number of amides is 1. The lowest BCUT2D eigenvalue weighted by atomic mass is 10.0. The Morgan fingerprint density at radius 3 is 2.79 bits per heavy atom. The molecule has 0 bridgehead atoms. The molecule has 0 radical (unpaired) electrons. The molecule has 2 N–H and O–H groups in total. The van der Waals surface area contributed by atoms with Gasteiger partial charge in [0.25, 0.3) is 5.91 Å². The van der Waals surface area contributed by atoms with Gasteiger partial charge in [0.15, 0.2) is 5.78 Å². The number of carbonyl (C=O) groups is 2. The topological polar surface area (TPSA) is 83.5 Å². The summed E-state index contributed by atoms with van der Waals surface area (Å²) < 4.78 is 13.2. The fraction of sp³-hybridized carbons (Fsp3) is 0.161. The number of hydrogen-bond acceptors (Lipinski definition) is 5. The Hall–Kier alpha value is -4.65. The number of rotatable bonds is 8. The van der Waals surface area contributed by atoms with Crippen LogP contribution in [0.25, 0.3) is 11.6 Å². The molecule has 0 fully saturated rings. The van der Waals surface area contributed by atoms with Crippen LogP contribution in [0.2, 0.25) is 0 Å². The van der Waals surface area contributed by atoms with E-state index < -0.39 is 0 Å². The Bertz CT molecular complexity index is 1500. The second-order valence-corrected chi connectivity index (χ2v) is 9.24. The second kappa shape index (κ2) is 11.2. The van der Waals surface area contributed by atoms with E-state index in [0.717, 1.165) is 39.8 Å². The highest BCUT2D eigenvalue weighted by Crippen LogP contribution is 2.32. The SMILES string of the molecule is C[C@H](NC(=O)c1cccnc1NC/C=C/c1ccc2c(c1)CC(=O)/C2=C\C1=CN=CC1)c1ccc(F)cc1. The van der Waals surface area contributed by atoms with Gasteiger partial charge in [-0.3, -0.25) is 14.6 Å². The molecule has 5 rings (SSSR count). The lowest BCUT2D eigenvalue weighted by Gasteiger charge is -2.16. The van der Waals surface area contributed by atoms with Crippen LogP contribution in [0.15, 0.2) is 89.7 Å². The van der Waals surface area contributed by atoms with Crippen molar-refractivity contribution in [3.63, 3.8) is 0 Å². The molecule has 2 aliphatic rings. The van der Waals surface area contributed by atoms with Gasteiger partial charge in [-0.05, 0) is 65.1 Å². The highest BCUT2D eigenvalue weighted by Gasteiger charge is 2.24. The first-order valence-electron chi connectivity index (χ1n) is 12.5. The van der Waals surface area contributed by atoms with Gasteiger partial charge in [-0.25, -0.2) is 9.37 Å². The van der Waals surface area contributed by atoms with E-state index in [1.165, 1.54) is 12.1 Å². The van der Waals surface area contributed by atoms with Crippen LogP contribution in [0, 0.1) is 5.82 Å². The minimum atomic E-state index is -0.318. The molecule has 190 valence electrons. The Morgan fingerprint density at radius 2 is 2.00 bits per heavy atom. The zero-order valence-electron chi connectivity index (χ0n) is 20.9. The van der Waals surface area contributed by atoms with E-state index in [1.807, 2.05) is 49.6 Å². The molecule has 7 heteroatoms. The molecule has 1 atom stereocenters. The predicted molar refractivity (Wildman–Crippen MR) is 148 cm³/mol. The van der Waals surface area contributed by atoms with E-state index in [0.29, 0.717) is 24.3 Å². The van der Waals surface area contributed by atoms with Crippen LogP contribution < -0.4 is 10.6 Å². The van der Waals surface area contributed by atoms with Crippen molar-refractivity contribution in [3.8, 4) is 0 Å². The molecule has 3 aromatic rings. The van der Waals surface area contributed by atoms with Crippen molar-refractivity contribution in [1.82, 2.24) is 10.3 Å². The summed E-state index contributed by atoms with van der Waals surface area (Å²) in [5, 5.41) is 6.14. The minimum Gasteiger partial charge on any atom is -0.366 e. The quantitative estimate of drug-likeness (QED) is 0.384. The lowest BCUT2D eigenvalue weighted by Crippen LogP contribution is -2.27. The lowest BCUT2D eigenvalue weighted by molar-refractivity contribution is -0.112. The van der Waals surface area contributed by atoms with Crippen LogP contribution in [0.4, 0.5) is 10.2 Å². The largest absolute Gasteiger partial charge is 0.366 e. The average molecular weight is 507 g/mol. The zero-order chi connectivity index (χ0) is 26.5. The molecule has 6 nitrogen and oxygen atoms in total. The predicted octanol–water partition coefficient (Wildman–Crippen LogP) is 5.70. The smallest absolute Gasteiger partial charge is 0.255 e. The maximum Gasteiger partial charge on any atom is 0.255 e. The number of nitrogens with zero attached hydrogens (tertiary/aromatic N) is 2. The number of fused-ring (bicyclic) bond motifs is 1. The van der Waals surface area contributed by atoms with Gasteiger partial charge in [-0.1, -0.05) is 42.5 Å². The summed E-state index contributed by atoms with van der Waals surface area (Å²) >= 11 is 0. The van der Waals surface area contributed by atoms with Crippen LogP contribution in [-0.4, -0.2) is 29.4 Å². The zero-order valence-corrected chi connectivity index (χ0v) is 20.9. The molecule has 0 spiro atoms. The molecule has 0 saturated heterocycles. The van der Waals surface area contributed by atoms with Gasteiger partial charge in [0.2, 0.25) is 0 Å². The summed E-state index contributed by atoms with van der Waals surface area (Å²) in [6.45, 7) is 2.31. The highest BCUT2D eigenvalue weighted by atomic mass is 19.1. The number of nitrogens with one attached hydrogen (secondary N) is 2. The Labute approximate surface area is 220 Å². The van der Waals surface area contributed by atoms with Crippen LogP contribution in [-0.2, 0) is 11.2 Å². The molecule has 1 aliphatic heterocycles. The van der Waals surface area contributed by atoms with Crippen molar-refractivity contribution >= 4 is 35.4 Å². The van der Waals surface area contributed by atoms with Crippen molar-refractivity contribution in [3.05, 3.63) is 118 Å². The standard InChI is InChI=1S/C31H27FN4O2/c1-20(23-7-9-25(32)10-8-23)36-31(38)27-5-3-14-35-30(27)34-13-2-4-21-6-11-26-24(16-21)18-29(37)28(26)17-22-12-15-33-19-22/h2-11,14-17,19-20H,12-13,18H2,1H3,(H,34,35)(H,36,38)/b4-2+,28-17-/t20-/m0/s1. The van der Waals surface area contributed by atoms with Gasteiger partial charge in [-0.15, -0.1) is 0 Å². The molecular formula is C31H27FN4O2. The monoisotopic (exact) mass is 506 g/mol. The number of aromatic nitrogens is 1. The van der Waals surface area contributed by atoms with E-state index >= 15 is 0 Å². The molecule has 0 saturated carbocycles. The number of allylic oxidation sites excluding steroid dienone is 3. The molecule has 1 amide bonds. The summed E-state index contributed by atoms with van der Waals surface area (Å²) in [5.41, 5.74) is 6.03. The summed E-state index contributed by atoms with van der Waals surface area (Å²) in [4.78, 5) is 33.9. The fourth-order valence-electron chi connectivity index (χ4n) is 4.53. The third kappa shape index (κ3) is 5.67. The summed E-state index contributed by atoms with van der Waals surface area (Å²) in [6.07, 6.45) is 12.3. The average Bonchev–Trinajstić information content (AvgIpc) is 3.54. The summed E-state index contributed by atoms with van der Waals surface area (Å²) in [6, 6.07) is 15.2. The number of ketones is 1. The van der Waals surface area contributed by atoms with Gasteiger partial charge in [0.05, 0.1) is 11.6 Å².